The SMILES string of the molecule is Cc1ccccc1-n1c(Cc2ccc(O)cc2)nc2cccnc21. The van der Waals surface area contributed by atoms with Gasteiger partial charge in [0.25, 0.3) is 0 Å². The number of phenolic OH excluding ortho intramolecular Hbond substituents is 1. The molecule has 2 aromatic carbocycles. The lowest BCUT2D eigenvalue weighted by Gasteiger charge is -2.11. The van der Waals surface area contributed by atoms with Crippen molar-refractivity contribution in [2.24, 2.45) is 0 Å². The molecule has 0 saturated carbocycles. The van der Waals surface area contributed by atoms with Gasteiger partial charge >= 0.3 is 0 Å². The van der Waals surface area contributed by atoms with Crippen molar-refractivity contribution in [2.75, 3.05) is 0 Å². The van der Waals surface area contributed by atoms with E-state index in [9.17, 15) is 5.11 Å². The molecule has 0 aliphatic carbocycles. The van der Waals surface area contributed by atoms with Crippen molar-refractivity contribution in [3.05, 3.63) is 83.8 Å². The van der Waals surface area contributed by atoms with Crippen LogP contribution < -0.4 is 0 Å². The number of rotatable bonds is 3. The second-order valence-corrected chi connectivity index (χ2v) is 5.84. The van der Waals surface area contributed by atoms with Gasteiger partial charge in [-0.3, -0.25) is 4.57 Å². The van der Waals surface area contributed by atoms with Gasteiger partial charge in [-0.1, -0.05) is 30.3 Å². The highest BCUT2D eigenvalue weighted by molar-refractivity contribution is 5.74. The van der Waals surface area contributed by atoms with Crippen LogP contribution in [0.15, 0.2) is 66.9 Å². The molecule has 0 amide bonds. The minimum atomic E-state index is 0.271. The number of aromatic nitrogens is 3. The Morgan fingerprint density at radius 3 is 2.54 bits per heavy atom. The van der Waals surface area contributed by atoms with Gasteiger partial charge in [-0.2, -0.15) is 0 Å². The van der Waals surface area contributed by atoms with Crippen molar-refractivity contribution < 1.29 is 5.11 Å². The molecule has 118 valence electrons. The highest BCUT2D eigenvalue weighted by atomic mass is 16.3. The van der Waals surface area contributed by atoms with Gasteiger partial charge in [-0.15, -0.1) is 0 Å². The van der Waals surface area contributed by atoms with E-state index in [1.807, 2.05) is 36.4 Å². The van der Waals surface area contributed by atoms with Crippen molar-refractivity contribution in [3.63, 3.8) is 0 Å². The van der Waals surface area contributed by atoms with Gasteiger partial charge < -0.3 is 5.11 Å². The Bertz CT molecular complexity index is 1000. The molecule has 24 heavy (non-hydrogen) atoms. The Balaban J connectivity index is 1.90. The summed E-state index contributed by atoms with van der Waals surface area (Å²) in [5, 5.41) is 9.48. The second kappa shape index (κ2) is 5.81. The van der Waals surface area contributed by atoms with E-state index < -0.39 is 0 Å². The molecular formula is C20H17N3O. The first-order valence-corrected chi connectivity index (χ1v) is 7.88. The first kappa shape index (κ1) is 14.5. The van der Waals surface area contributed by atoms with E-state index in [0.29, 0.717) is 6.42 Å². The summed E-state index contributed by atoms with van der Waals surface area (Å²) in [4.78, 5) is 9.32. The molecule has 0 atom stereocenters. The van der Waals surface area contributed by atoms with Crippen LogP contribution in [0.5, 0.6) is 5.75 Å². The Hall–Kier alpha value is -3.14. The average molecular weight is 315 g/mol. The lowest BCUT2D eigenvalue weighted by atomic mass is 10.1. The molecule has 0 saturated heterocycles. The maximum Gasteiger partial charge on any atom is 0.164 e. The van der Waals surface area contributed by atoms with Gasteiger partial charge in [0, 0.05) is 12.6 Å². The standard InChI is InChI=1S/C20H17N3O/c1-14-5-2-3-7-18(14)23-19(13-15-8-10-16(24)11-9-15)22-17-6-4-12-21-20(17)23/h2-12,24H,13H2,1H3. The molecule has 4 nitrogen and oxygen atoms in total. The first-order chi connectivity index (χ1) is 11.7. The number of nitrogens with zero attached hydrogens (tertiary/aromatic N) is 3. The molecule has 0 radical (unpaired) electrons. The summed E-state index contributed by atoms with van der Waals surface area (Å²) < 4.78 is 2.12. The van der Waals surface area contributed by atoms with Gasteiger partial charge in [-0.25, -0.2) is 9.97 Å². The van der Waals surface area contributed by atoms with Crippen molar-refractivity contribution in [3.8, 4) is 11.4 Å². The van der Waals surface area contributed by atoms with E-state index in [1.54, 1.807) is 18.3 Å². The van der Waals surface area contributed by atoms with Gasteiger partial charge in [0.15, 0.2) is 5.65 Å². The fourth-order valence-corrected chi connectivity index (χ4v) is 2.94. The summed E-state index contributed by atoms with van der Waals surface area (Å²) in [6, 6.07) is 19.4. The van der Waals surface area contributed by atoms with E-state index in [0.717, 1.165) is 28.2 Å². The highest BCUT2D eigenvalue weighted by Gasteiger charge is 2.15. The lowest BCUT2D eigenvalue weighted by Crippen LogP contribution is -2.04. The van der Waals surface area contributed by atoms with Gasteiger partial charge in [0.05, 0.1) is 5.69 Å². The summed E-state index contributed by atoms with van der Waals surface area (Å²) in [7, 11) is 0. The van der Waals surface area contributed by atoms with E-state index >= 15 is 0 Å². The normalized spacial score (nSPS) is 11.0. The van der Waals surface area contributed by atoms with Crippen molar-refractivity contribution in [2.45, 2.75) is 13.3 Å². The van der Waals surface area contributed by atoms with Crippen LogP contribution in [0.25, 0.3) is 16.9 Å². The topological polar surface area (TPSA) is 50.9 Å². The number of hydrogen-bond acceptors (Lipinski definition) is 3. The van der Waals surface area contributed by atoms with Crippen LogP contribution in [0.3, 0.4) is 0 Å². The molecule has 2 heterocycles. The summed E-state index contributed by atoms with van der Waals surface area (Å²) in [5.41, 5.74) is 5.11. The Labute approximate surface area is 140 Å². The lowest BCUT2D eigenvalue weighted by molar-refractivity contribution is 0.475. The third-order valence-electron chi connectivity index (χ3n) is 4.14. The molecule has 4 aromatic rings. The minimum absolute atomic E-state index is 0.271. The Morgan fingerprint density at radius 1 is 0.958 bits per heavy atom. The summed E-state index contributed by atoms with van der Waals surface area (Å²) in [5.74, 6) is 1.21. The van der Waals surface area contributed by atoms with Crippen molar-refractivity contribution in [1.29, 1.82) is 0 Å². The van der Waals surface area contributed by atoms with Crippen molar-refractivity contribution in [1.82, 2.24) is 14.5 Å². The summed E-state index contributed by atoms with van der Waals surface area (Å²) in [6.07, 6.45) is 2.47. The van der Waals surface area contributed by atoms with E-state index in [1.165, 1.54) is 5.56 Å². The quantitative estimate of drug-likeness (QED) is 0.621. The zero-order chi connectivity index (χ0) is 16.5. The number of aromatic hydroxyl groups is 1. The maximum atomic E-state index is 9.48. The second-order valence-electron chi connectivity index (χ2n) is 5.84. The summed E-state index contributed by atoms with van der Waals surface area (Å²) >= 11 is 0. The molecule has 0 bridgehead atoms. The molecule has 0 aliphatic heterocycles. The van der Waals surface area contributed by atoms with Crippen LogP contribution in [0.2, 0.25) is 0 Å². The van der Waals surface area contributed by atoms with Crippen LogP contribution in [-0.4, -0.2) is 19.6 Å². The molecule has 0 fully saturated rings. The number of phenols is 1. The third kappa shape index (κ3) is 2.52. The molecule has 4 heteroatoms. The number of hydrogen-bond donors (Lipinski definition) is 1. The van der Waals surface area contributed by atoms with Gasteiger partial charge in [0.2, 0.25) is 0 Å². The number of imidazole rings is 1. The highest BCUT2D eigenvalue weighted by Crippen LogP contribution is 2.24. The van der Waals surface area contributed by atoms with E-state index in [2.05, 4.69) is 28.6 Å². The predicted octanol–water partition coefficient (Wildman–Crippen LogP) is 4.03. The van der Waals surface area contributed by atoms with Crippen LogP contribution >= 0.6 is 0 Å². The molecule has 0 spiro atoms. The predicted molar refractivity (Wildman–Crippen MR) is 94.5 cm³/mol. The zero-order valence-corrected chi connectivity index (χ0v) is 13.3. The van der Waals surface area contributed by atoms with E-state index in [4.69, 9.17) is 4.98 Å². The monoisotopic (exact) mass is 315 g/mol. The van der Waals surface area contributed by atoms with Gasteiger partial charge in [0.1, 0.15) is 17.1 Å². The third-order valence-corrected chi connectivity index (χ3v) is 4.14. The van der Waals surface area contributed by atoms with Crippen LogP contribution in [0, 0.1) is 6.92 Å². The molecular weight excluding hydrogens is 298 g/mol. The first-order valence-electron chi connectivity index (χ1n) is 7.88. The zero-order valence-electron chi connectivity index (χ0n) is 13.3. The number of pyridine rings is 1. The molecule has 1 N–H and O–H groups in total. The van der Waals surface area contributed by atoms with E-state index in [-0.39, 0.29) is 5.75 Å². The molecule has 4 rings (SSSR count). The number of para-hydroxylation sites is 1. The molecule has 2 aromatic heterocycles. The van der Waals surface area contributed by atoms with Gasteiger partial charge in [-0.05, 0) is 48.4 Å². The fourth-order valence-electron chi connectivity index (χ4n) is 2.94. The number of fused-ring (bicyclic) bond motifs is 1. The summed E-state index contributed by atoms with van der Waals surface area (Å²) in [6.45, 7) is 2.09. The molecule has 0 unspecified atom stereocenters. The van der Waals surface area contributed by atoms with Crippen LogP contribution in [0.4, 0.5) is 0 Å². The Kier molecular flexibility index (Phi) is 3.50. The Morgan fingerprint density at radius 2 is 1.75 bits per heavy atom. The molecule has 0 aliphatic rings. The van der Waals surface area contributed by atoms with Crippen LogP contribution in [0.1, 0.15) is 17.0 Å². The number of aryl methyl sites for hydroxylation is 1. The maximum absolute atomic E-state index is 9.48. The van der Waals surface area contributed by atoms with Crippen molar-refractivity contribution >= 4 is 11.2 Å². The average Bonchev–Trinajstić information content (AvgIpc) is 2.95. The minimum Gasteiger partial charge on any atom is -0.508 e. The van der Waals surface area contributed by atoms with Crippen LogP contribution in [-0.2, 0) is 6.42 Å². The smallest absolute Gasteiger partial charge is 0.164 e. The largest absolute Gasteiger partial charge is 0.508 e. The number of benzene rings is 2. The fraction of sp³-hybridized carbons (Fsp3) is 0.100.